The van der Waals surface area contributed by atoms with Crippen LogP contribution in [0.4, 0.5) is 5.69 Å². The Balaban J connectivity index is 1.53. The Bertz CT molecular complexity index is 1100. The van der Waals surface area contributed by atoms with Gasteiger partial charge in [-0.15, -0.1) is 0 Å². The van der Waals surface area contributed by atoms with Gasteiger partial charge < -0.3 is 4.74 Å². The van der Waals surface area contributed by atoms with Crippen molar-refractivity contribution in [3.8, 4) is 5.75 Å². The number of ether oxygens (including phenoxy) is 1. The van der Waals surface area contributed by atoms with Gasteiger partial charge >= 0.3 is 0 Å². The van der Waals surface area contributed by atoms with Crippen LogP contribution in [0.1, 0.15) is 23.6 Å². The van der Waals surface area contributed by atoms with Crippen molar-refractivity contribution in [1.82, 2.24) is 5.43 Å². The molecule has 1 amide bonds. The minimum atomic E-state index is -0.482. The van der Waals surface area contributed by atoms with Crippen LogP contribution in [0, 0.1) is 10.1 Å². The van der Waals surface area contributed by atoms with Crippen LogP contribution in [-0.2, 0) is 17.8 Å². The van der Waals surface area contributed by atoms with Gasteiger partial charge in [0, 0.05) is 22.7 Å². The molecule has 0 saturated heterocycles. The first-order chi connectivity index (χ1) is 14.9. The molecule has 3 aromatic carbocycles. The maximum absolute atomic E-state index is 12.1. The fraction of sp³-hybridized carbons (Fsp3) is 0.130. The predicted molar refractivity (Wildman–Crippen MR) is 119 cm³/mol. The smallest absolute Gasteiger partial charge is 0.269 e. The molecule has 0 heterocycles. The molecule has 31 heavy (non-hydrogen) atoms. The Labute approximate surface area is 184 Å². The van der Waals surface area contributed by atoms with Gasteiger partial charge in [-0.05, 0) is 48.4 Å². The highest BCUT2D eigenvalue weighted by molar-refractivity contribution is 6.31. The highest BCUT2D eigenvalue weighted by Crippen LogP contribution is 2.19. The van der Waals surface area contributed by atoms with Gasteiger partial charge in [-0.2, -0.15) is 5.10 Å². The summed E-state index contributed by atoms with van der Waals surface area (Å²) in [6, 6.07) is 20.7. The number of nitrogens with zero attached hydrogens (tertiary/aromatic N) is 2. The third-order valence-electron chi connectivity index (χ3n) is 4.48. The topological polar surface area (TPSA) is 93.8 Å². The van der Waals surface area contributed by atoms with Gasteiger partial charge in [-0.1, -0.05) is 41.9 Å². The van der Waals surface area contributed by atoms with Crippen molar-refractivity contribution >= 4 is 28.9 Å². The van der Waals surface area contributed by atoms with Gasteiger partial charge in [-0.25, -0.2) is 5.43 Å². The number of hydrogen-bond acceptors (Lipinski definition) is 5. The average molecular weight is 438 g/mol. The second kappa shape index (κ2) is 10.4. The van der Waals surface area contributed by atoms with Gasteiger partial charge in [-0.3, -0.25) is 14.9 Å². The van der Waals surface area contributed by atoms with E-state index in [1.807, 2.05) is 48.5 Å². The zero-order valence-electron chi connectivity index (χ0n) is 16.7. The van der Waals surface area contributed by atoms with Crippen LogP contribution in [0.15, 0.2) is 77.9 Å². The first-order valence-electron chi connectivity index (χ1n) is 9.45. The maximum Gasteiger partial charge on any atom is 0.269 e. The molecular weight excluding hydrogens is 418 g/mol. The monoisotopic (exact) mass is 437 g/mol. The molecule has 0 fully saturated rings. The molecule has 0 aliphatic carbocycles. The Morgan fingerprint density at radius 2 is 1.74 bits per heavy atom. The minimum Gasteiger partial charge on any atom is -0.489 e. The third-order valence-corrected chi connectivity index (χ3v) is 4.85. The number of hydrazone groups is 1. The Kier molecular flexibility index (Phi) is 7.35. The normalized spacial score (nSPS) is 11.1. The van der Waals surface area contributed by atoms with E-state index in [2.05, 4.69) is 10.5 Å². The maximum atomic E-state index is 12.1. The van der Waals surface area contributed by atoms with E-state index in [1.165, 1.54) is 12.1 Å². The molecule has 7 nitrogen and oxygen atoms in total. The molecule has 0 spiro atoms. The quantitative estimate of drug-likeness (QED) is 0.308. The molecule has 0 unspecified atom stereocenters. The molecule has 3 aromatic rings. The summed E-state index contributed by atoms with van der Waals surface area (Å²) in [7, 11) is 0. The molecular formula is C23H20ClN3O4. The van der Waals surface area contributed by atoms with Crippen LogP contribution in [-0.4, -0.2) is 16.5 Å². The first kappa shape index (κ1) is 22.0. The zero-order chi connectivity index (χ0) is 22.2. The minimum absolute atomic E-state index is 0.0164. The number of amides is 1. The van der Waals surface area contributed by atoms with Crippen molar-refractivity contribution in [3.63, 3.8) is 0 Å². The lowest BCUT2D eigenvalue weighted by atomic mass is 10.1. The van der Waals surface area contributed by atoms with E-state index in [0.29, 0.717) is 28.7 Å². The number of nitro benzene ring substituents is 1. The van der Waals surface area contributed by atoms with E-state index in [0.717, 1.165) is 11.1 Å². The van der Waals surface area contributed by atoms with Crippen LogP contribution < -0.4 is 10.2 Å². The van der Waals surface area contributed by atoms with Gasteiger partial charge in [0.15, 0.2) is 0 Å². The summed E-state index contributed by atoms with van der Waals surface area (Å²) in [5.41, 5.74) is 5.52. The van der Waals surface area contributed by atoms with Gasteiger partial charge in [0.25, 0.3) is 5.69 Å². The molecule has 3 rings (SSSR count). The van der Waals surface area contributed by atoms with Crippen LogP contribution in [0.25, 0.3) is 0 Å². The lowest BCUT2D eigenvalue weighted by Crippen LogP contribution is -2.21. The molecule has 1 N–H and O–H groups in total. The number of rotatable bonds is 8. The van der Waals surface area contributed by atoms with Crippen molar-refractivity contribution in [2.45, 2.75) is 20.0 Å². The fourth-order valence-corrected chi connectivity index (χ4v) is 2.93. The summed E-state index contributed by atoms with van der Waals surface area (Å²) in [5, 5.41) is 15.5. The number of carbonyl (C=O) groups excluding carboxylic acids is 1. The largest absolute Gasteiger partial charge is 0.489 e. The standard InChI is InChI=1S/C23H20ClN3O4/c1-16(25-26-23(28)14-17-6-10-20(11-7-17)27(29)30)18-8-12-21(13-9-18)31-15-19-4-2-3-5-22(19)24/h2-13H,14-15H2,1H3,(H,26,28)/b25-16+. The van der Waals surface area contributed by atoms with Crippen LogP contribution in [0.2, 0.25) is 5.02 Å². The first-order valence-corrected chi connectivity index (χ1v) is 9.83. The molecule has 158 valence electrons. The number of halogens is 1. The van der Waals surface area contributed by atoms with E-state index in [1.54, 1.807) is 19.1 Å². The second-order valence-corrected chi connectivity index (χ2v) is 7.14. The zero-order valence-corrected chi connectivity index (χ0v) is 17.5. The molecule has 0 radical (unpaired) electrons. The van der Waals surface area contributed by atoms with E-state index in [9.17, 15) is 14.9 Å². The van der Waals surface area contributed by atoms with Gasteiger partial charge in [0.1, 0.15) is 12.4 Å². The van der Waals surface area contributed by atoms with E-state index < -0.39 is 4.92 Å². The Morgan fingerprint density at radius 1 is 1.06 bits per heavy atom. The number of nitro groups is 1. The Morgan fingerprint density at radius 3 is 2.39 bits per heavy atom. The fourth-order valence-electron chi connectivity index (χ4n) is 2.74. The van der Waals surface area contributed by atoms with Crippen molar-refractivity contribution in [3.05, 3.63) is 105 Å². The molecule has 0 saturated carbocycles. The van der Waals surface area contributed by atoms with Crippen LogP contribution in [0.5, 0.6) is 5.75 Å². The predicted octanol–water partition coefficient (Wildman–Crippen LogP) is 4.91. The molecule has 0 aliphatic rings. The van der Waals surface area contributed by atoms with Crippen molar-refractivity contribution in [1.29, 1.82) is 0 Å². The lowest BCUT2D eigenvalue weighted by molar-refractivity contribution is -0.384. The summed E-state index contributed by atoms with van der Waals surface area (Å²) < 4.78 is 5.76. The lowest BCUT2D eigenvalue weighted by Gasteiger charge is -2.09. The average Bonchev–Trinajstić information content (AvgIpc) is 2.77. The molecule has 8 heteroatoms. The van der Waals surface area contributed by atoms with E-state index >= 15 is 0 Å². The number of nitrogens with one attached hydrogen (secondary N) is 1. The highest BCUT2D eigenvalue weighted by Gasteiger charge is 2.08. The molecule has 0 aromatic heterocycles. The van der Waals surface area contributed by atoms with E-state index in [4.69, 9.17) is 16.3 Å². The SMILES string of the molecule is C/C(=N\NC(=O)Cc1ccc([N+](=O)[O-])cc1)c1ccc(OCc2ccccc2Cl)cc1. The van der Waals surface area contributed by atoms with Gasteiger partial charge in [0.05, 0.1) is 17.1 Å². The molecule has 0 atom stereocenters. The van der Waals surface area contributed by atoms with Crippen molar-refractivity contribution in [2.24, 2.45) is 5.10 Å². The van der Waals surface area contributed by atoms with Crippen molar-refractivity contribution < 1.29 is 14.5 Å². The summed E-state index contributed by atoms with van der Waals surface area (Å²) in [6.45, 7) is 2.15. The molecule has 0 bridgehead atoms. The highest BCUT2D eigenvalue weighted by atomic mass is 35.5. The summed E-state index contributed by atoms with van der Waals surface area (Å²) in [5.74, 6) is 0.381. The van der Waals surface area contributed by atoms with Crippen LogP contribution >= 0.6 is 11.6 Å². The number of benzene rings is 3. The molecule has 0 aliphatic heterocycles. The summed E-state index contributed by atoms with van der Waals surface area (Å²) in [6.07, 6.45) is 0.0730. The van der Waals surface area contributed by atoms with Crippen LogP contribution in [0.3, 0.4) is 0 Å². The van der Waals surface area contributed by atoms with Crippen molar-refractivity contribution in [2.75, 3.05) is 0 Å². The third kappa shape index (κ3) is 6.38. The number of hydrogen-bond donors (Lipinski definition) is 1. The van der Waals surface area contributed by atoms with Gasteiger partial charge in [0.2, 0.25) is 5.91 Å². The second-order valence-electron chi connectivity index (χ2n) is 6.74. The number of non-ortho nitro benzene ring substituents is 1. The summed E-state index contributed by atoms with van der Waals surface area (Å²) >= 11 is 6.13. The van der Waals surface area contributed by atoms with E-state index in [-0.39, 0.29) is 18.0 Å². The Hall–Kier alpha value is -3.71. The summed E-state index contributed by atoms with van der Waals surface area (Å²) in [4.78, 5) is 22.3. The number of carbonyl (C=O) groups is 1.